The molecule has 7 heteroatoms. The molecule has 2 heterocycles. The van der Waals surface area contributed by atoms with Crippen molar-refractivity contribution in [1.82, 2.24) is 9.88 Å². The molecule has 0 spiro atoms. The fourth-order valence-electron chi connectivity index (χ4n) is 1.77. The van der Waals surface area contributed by atoms with Crippen molar-refractivity contribution in [2.45, 2.75) is 12.5 Å². The highest BCUT2D eigenvalue weighted by molar-refractivity contribution is 7.11. The van der Waals surface area contributed by atoms with Gasteiger partial charge in [0.2, 0.25) is 0 Å². The summed E-state index contributed by atoms with van der Waals surface area (Å²) in [7, 11) is 1.34. The van der Waals surface area contributed by atoms with Crippen LogP contribution >= 0.6 is 11.3 Å². The van der Waals surface area contributed by atoms with Crippen LogP contribution in [-0.2, 0) is 14.3 Å². The molecule has 18 heavy (non-hydrogen) atoms. The second kappa shape index (κ2) is 5.92. The predicted octanol–water partition coefficient (Wildman–Crippen LogP) is 0.547. The van der Waals surface area contributed by atoms with E-state index < -0.39 is 0 Å². The molecule has 0 bridgehead atoms. The van der Waals surface area contributed by atoms with Gasteiger partial charge >= 0.3 is 5.97 Å². The van der Waals surface area contributed by atoms with Crippen LogP contribution in [0.2, 0.25) is 0 Å². The maximum absolute atomic E-state index is 12.1. The molecule has 1 aromatic heterocycles. The van der Waals surface area contributed by atoms with Crippen LogP contribution in [0.15, 0.2) is 11.7 Å². The second-order valence-electron chi connectivity index (χ2n) is 3.89. The molecule has 2 rings (SSSR count). The molecule has 1 fully saturated rings. The fourth-order valence-corrected chi connectivity index (χ4v) is 2.36. The highest BCUT2D eigenvalue weighted by Crippen LogP contribution is 2.15. The maximum Gasteiger partial charge on any atom is 0.308 e. The van der Waals surface area contributed by atoms with E-state index in [-0.39, 0.29) is 24.4 Å². The van der Waals surface area contributed by atoms with Crippen molar-refractivity contribution in [2.75, 3.05) is 26.8 Å². The minimum Gasteiger partial charge on any atom is -0.469 e. The molecule has 0 aliphatic carbocycles. The number of ether oxygens (including phenoxy) is 2. The Hall–Kier alpha value is -1.47. The van der Waals surface area contributed by atoms with Gasteiger partial charge in [0.15, 0.2) is 0 Å². The highest BCUT2D eigenvalue weighted by Gasteiger charge is 2.27. The Morgan fingerprint density at radius 3 is 3.17 bits per heavy atom. The van der Waals surface area contributed by atoms with Gasteiger partial charge in [-0.3, -0.25) is 14.6 Å². The number of hydrogen-bond donors (Lipinski definition) is 0. The third-order valence-electron chi connectivity index (χ3n) is 2.69. The van der Waals surface area contributed by atoms with E-state index in [0.717, 1.165) is 0 Å². The van der Waals surface area contributed by atoms with Gasteiger partial charge in [0.1, 0.15) is 4.88 Å². The van der Waals surface area contributed by atoms with Gasteiger partial charge in [0, 0.05) is 13.1 Å². The monoisotopic (exact) mass is 270 g/mol. The van der Waals surface area contributed by atoms with E-state index in [0.29, 0.717) is 24.6 Å². The van der Waals surface area contributed by atoms with Crippen LogP contribution in [0.1, 0.15) is 16.1 Å². The number of carbonyl (C=O) groups is 2. The number of hydrogen-bond acceptors (Lipinski definition) is 6. The smallest absolute Gasteiger partial charge is 0.308 e. The summed E-state index contributed by atoms with van der Waals surface area (Å²) in [5, 5.41) is 0. The Balaban J connectivity index is 1.94. The molecule has 1 unspecified atom stereocenters. The SMILES string of the molecule is COC(=O)CC1CN(C(=O)c2cncs2)CCO1. The van der Waals surface area contributed by atoms with Crippen LogP contribution in [-0.4, -0.2) is 54.7 Å². The molecule has 1 amide bonds. The molecule has 0 aromatic carbocycles. The largest absolute Gasteiger partial charge is 0.469 e. The van der Waals surface area contributed by atoms with Gasteiger partial charge in [-0.15, -0.1) is 11.3 Å². The number of esters is 1. The van der Waals surface area contributed by atoms with Gasteiger partial charge in [0.25, 0.3) is 5.91 Å². The van der Waals surface area contributed by atoms with Crippen molar-refractivity contribution < 1.29 is 19.1 Å². The zero-order chi connectivity index (χ0) is 13.0. The molecule has 0 saturated carbocycles. The van der Waals surface area contributed by atoms with Gasteiger partial charge in [-0.1, -0.05) is 0 Å². The van der Waals surface area contributed by atoms with E-state index in [1.165, 1.54) is 18.4 Å². The van der Waals surface area contributed by atoms with Crippen molar-refractivity contribution in [3.05, 3.63) is 16.6 Å². The predicted molar refractivity (Wildman–Crippen MR) is 64.4 cm³/mol. The summed E-state index contributed by atoms with van der Waals surface area (Å²) in [6.07, 6.45) is 1.43. The lowest BCUT2D eigenvalue weighted by molar-refractivity contribution is -0.145. The summed E-state index contributed by atoms with van der Waals surface area (Å²) in [6.45, 7) is 1.38. The Morgan fingerprint density at radius 1 is 1.67 bits per heavy atom. The molecule has 1 saturated heterocycles. The lowest BCUT2D eigenvalue weighted by atomic mass is 10.2. The number of methoxy groups -OCH3 is 1. The molecule has 0 radical (unpaired) electrons. The molecular formula is C11H14N2O4S. The number of amides is 1. The molecule has 98 valence electrons. The lowest BCUT2D eigenvalue weighted by Crippen LogP contribution is -2.46. The first-order valence-electron chi connectivity index (χ1n) is 5.57. The average molecular weight is 270 g/mol. The van der Waals surface area contributed by atoms with E-state index in [9.17, 15) is 9.59 Å². The third-order valence-corrected chi connectivity index (χ3v) is 3.45. The van der Waals surface area contributed by atoms with Gasteiger partial charge in [-0.25, -0.2) is 0 Å². The molecule has 1 aromatic rings. The number of rotatable bonds is 3. The van der Waals surface area contributed by atoms with Crippen LogP contribution in [0.5, 0.6) is 0 Å². The summed E-state index contributed by atoms with van der Waals surface area (Å²) in [6, 6.07) is 0. The zero-order valence-electron chi connectivity index (χ0n) is 10.00. The number of nitrogens with zero attached hydrogens (tertiary/aromatic N) is 2. The summed E-state index contributed by atoms with van der Waals surface area (Å²) in [5.74, 6) is -0.386. The van der Waals surface area contributed by atoms with Crippen molar-refractivity contribution in [1.29, 1.82) is 0 Å². The standard InChI is InChI=1S/C11H14N2O4S/c1-16-10(14)4-8-6-13(2-3-17-8)11(15)9-5-12-7-18-9/h5,7-8H,2-4,6H2,1H3. The van der Waals surface area contributed by atoms with E-state index in [2.05, 4.69) is 9.72 Å². The molecular weight excluding hydrogens is 256 g/mol. The van der Waals surface area contributed by atoms with Crippen LogP contribution in [0, 0.1) is 0 Å². The quantitative estimate of drug-likeness (QED) is 0.750. The lowest BCUT2D eigenvalue weighted by Gasteiger charge is -2.32. The molecule has 0 N–H and O–H groups in total. The molecule has 1 aliphatic heterocycles. The Bertz CT molecular complexity index is 421. The summed E-state index contributed by atoms with van der Waals surface area (Å²) in [5.41, 5.74) is 1.62. The number of thiazole rings is 1. The van der Waals surface area contributed by atoms with Crippen molar-refractivity contribution >= 4 is 23.2 Å². The average Bonchev–Trinajstić information content (AvgIpc) is 2.92. The third kappa shape index (κ3) is 3.05. The van der Waals surface area contributed by atoms with Gasteiger partial charge in [-0.05, 0) is 0 Å². The fraction of sp³-hybridized carbons (Fsp3) is 0.545. The summed E-state index contributed by atoms with van der Waals surface area (Å²) >= 11 is 1.31. The maximum atomic E-state index is 12.1. The molecule has 1 atom stereocenters. The van der Waals surface area contributed by atoms with E-state index in [1.54, 1.807) is 16.6 Å². The molecule has 1 aliphatic rings. The van der Waals surface area contributed by atoms with Crippen LogP contribution in [0.25, 0.3) is 0 Å². The number of carbonyl (C=O) groups excluding carboxylic acids is 2. The van der Waals surface area contributed by atoms with Crippen molar-refractivity contribution in [3.63, 3.8) is 0 Å². The number of morpholine rings is 1. The first-order chi connectivity index (χ1) is 8.70. The van der Waals surface area contributed by atoms with E-state index in [4.69, 9.17) is 4.74 Å². The zero-order valence-corrected chi connectivity index (χ0v) is 10.8. The van der Waals surface area contributed by atoms with Crippen LogP contribution in [0.3, 0.4) is 0 Å². The van der Waals surface area contributed by atoms with Gasteiger partial charge in [-0.2, -0.15) is 0 Å². The first kappa shape index (κ1) is 13.0. The van der Waals surface area contributed by atoms with Gasteiger partial charge in [0.05, 0.1) is 37.9 Å². The minimum absolute atomic E-state index is 0.0596. The summed E-state index contributed by atoms with van der Waals surface area (Å²) < 4.78 is 10.0. The Kier molecular flexibility index (Phi) is 4.27. The summed E-state index contributed by atoms with van der Waals surface area (Å²) in [4.78, 5) is 29.4. The van der Waals surface area contributed by atoms with Crippen LogP contribution < -0.4 is 0 Å². The Labute approximate surface area is 109 Å². The van der Waals surface area contributed by atoms with Gasteiger partial charge < -0.3 is 14.4 Å². The second-order valence-corrected chi connectivity index (χ2v) is 4.78. The highest BCUT2D eigenvalue weighted by atomic mass is 32.1. The number of aromatic nitrogens is 1. The minimum atomic E-state index is -0.327. The van der Waals surface area contributed by atoms with Crippen molar-refractivity contribution in [2.24, 2.45) is 0 Å². The topological polar surface area (TPSA) is 68.7 Å². The Morgan fingerprint density at radius 2 is 2.50 bits per heavy atom. The van der Waals surface area contributed by atoms with E-state index >= 15 is 0 Å². The van der Waals surface area contributed by atoms with E-state index in [1.807, 2.05) is 0 Å². The van der Waals surface area contributed by atoms with Crippen LogP contribution in [0.4, 0.5) is 0 Å². The van der Waals surface area contributed by atoms with Crippen molar-refractivity contribution in [3.8, 4) is 0 Å². The first-order valence-corrected chi connectivity index (χ1v) is 6.45. The normalized spacial score (nSPS) is 19.6. The molecule has 6 nitrogen and oxygen atoms in total.